The Morgan fingerprint density at radius 1 is 1.53 bits per heavy atom. The first kappa shape index (κ1) is 12.3. The van der Waals surface area contributed by atoms with E-state index in [1.807, 2.05) is 0 Å². The minimum absolute atomic E-state index is 0.161. The summed E-state index contributed by atoms with van der Waals surface area (Å²) in [6, 6.07) is -1.21. The highest BCUT2D eigenvalue weighted by Crippen LogP contribution is 2.26. The van der Waals surface area contributed by atoms with Gasteiger partial charge in [-0.05, 0) is 25.5 Å². The van der Waals surface area contributed by atoms with Crippen LogP contribution in [0.1, 0.15) is 19.8 Å². The van der Waals surface area contributed by atoms with E-state index in [0.29, 0.717) is 0 Å². The molecule has 1 rings (SSSR count). The normalized spacial score (nSPS) is 24.5. The molecule has 0 aromatic heterocycles. The lowest BCUT2D eigenvalue weighted by Crippen LogP contribution is -2.49. The molecule has 3 atom stereocenters. The van der Waals surface area contributed by atoms with Gasteiger partial charge in [0.25, 0.3) is 0 Å². The van der Waals surface area contributed by atoms with Crippen molar-refractivity contribution >= 4 is 23.6 Å². The molecule has 0 radical (unpaired) electrons. The number of carboxylic acid groups (broad SMARTS) is 1. The maximum Gasteiger partial charge on any atom is 0.328 e. The number of carbonyl (C=O) groups excluding carboxylic acids is 1. The topological polar surface area (TPSA) is 86.6 Å². The predicted molar refractivity (Wildman–Crippen MR) is 56.7 cm³/mol. The first-order chi connectivity index (χ1) is 7.02. The molecule has 1 amide bonds. The molecular formula is C9H15NO4S. The smallest absolute Gasteiger partial charge is 0.328 e. The zero-order valence-electron chi connectivity index (χ0n) is 8.47. The van der Waals surface area contributed by atoms with Gasteiger partial charge in [0.1, 0.15) is 0 Å². The van der Waals surface area contributed by atoms with Gasteiger partial charge in [-0.2, -0.15) is 0 Å². The molecule has 1 saturated heterocycles. The highest BCUT2D eigenvalue weighted by molar-refractivity contribution is 8.00. The van der Waals surface area contributed by atoms with Gasteiger partial charge in [0.2, 0.25) is 5.91 Å². The highest BCUT2D eigenvalue weighted by Gasteiger charge is 2.30. The minimum Gasteiger partial charge on any atom is -0.480 e. The molecule has 1 aliphatic heterocycles. The lowest BCUT2D eigenvalue weighted by molar-refractivity contribution is -0.144. The summed E-state index contributed by atoms with van der Waals surface area (Å²) in [6.45, 7) is 1.35. The van der Waals surface area contributed by atoms with E-state index < -0.39 is 18.1 Å². The number of amides is 1. The molecule has 1 unspecified atom stereocenters. The fourth-order valence-electron chi connectivity index (χ4n) is 1.42. The zero-order chi connectivity index (χ0) is 11.4. The van der Waals surface area contributed by atoms with Crippen molar-refractivity contribution in [3.8, 4) is 0 Å². The molecule has 1 fully saturated rings. The lowest BCUT2D eigenvalue weighted by Gasteiger charge is -2.18. The number of carbonyl (C=O) groups is 2. The average molecular weight is 233 g/mol. The molecule has 1 heterocycles. The summed E-state index contributed by atoms with van der Waals surface area (Å²) >= 11 is 1.53. The Morgan fingerprint density at radius 2 is 2.20 bits per heavy atom. The zero-order valence-corrected chi connectivity index (χ0v) is 9.29. The van der Waals surface area contributed by atoms with Crippen molar-refractivity contribution in [3.05, 3.63) is 0 Å². The Labute approximate surface area is 92.2 Å². The van der Waals surface area contributed by atoms with E-state index in [9.17, 15) is 14.7 Å². The lowest BCUT2D eigenvalue weighted by atomic mass is 10.1. The number of hydrogen-bond acceptors (Lipinski definition) is 4. The summed E-state index contributed by atoms with van der Waals surface area (Å²) in [4.78, 5) is 22.3. The fraction of sp³-hybridized carbons (Fsp3) is 0.778. The van der Waals surface area contributed by atoms with Crippen LogP contribution in [0, 0.1) is 0 Å². The second-order valence-corrected chi connectivity index (χ2v) is 4.88. The van der Waals surface area contributed by atoms with Gasteiger partial charge in [0.05, 0.1) is 11.4 Å². The summed E-state index contributed by atoms with van der Waals surface area (Å²) in [5.74, 6) is -0.558. The summed E-state index contributed by atoms with van der Waals surface area (Å²) in [7, 11) is 0. The van der Waals surface area contributed by atoms with E-state index in [4.69, 9.17) is 5.11 Å². The molecule has 0 spiro atoms. The third-order valence-corrected chi connectivity index (χ3v) is 3.64. The predicted octanol–water partition coefficient (Wildman–Crippen LogP) is -0.168. The molecule has 86 valence electrons. The van der Waals surface area contributed by atoms with Crippen LogP contribution in [0.5, 0.6) is 0 Å². The van der Waals surface area contributed by atoms with Crippen LogP contribution in [-0.4, -0.2) is 45.2 Å². The molecule has 0 aliphatic carbocycles. The van der Waals surface area contributed by atoms with Crippen molar-refractivity contribution < 1.29 is 19.8 Å². The van der Waals surface area contributed by atoms with Crippen LogP contribution in [0.15, 0.2) is 0 Å². The molecule has 0 bridgehead atoms. The van der Waals surface area contributed by atoms with Gasteiger partial charge in [-0.1, -0.05) is 0 Å². The van der Waals surface area contributed by atoms with Crippen molar-refractivity contribution in [2.75, 3.05) is 5.75 Å². The van der Waals surface area contributed by atoms with Gasteiger partial charge >= 0.3 is 5.97 Å². The molecule has 0 saturated carbocycles. The van der Waals surface area contributed by atoms with Crippen molar-refractivity contribution in [2.45, 2.75) is 37.2 Å². The van der Waals surface area contributed by atoms with E-state index >= 15 is 0 Å². The molecule has 6 heteroatoms. The van der Waals surface area contributed by atoms with Crippen LogP contribution in [-0.2, 0) is 9.59 Å². The van der Waals surface area contributed by atoms with E-state index in [1.165, 1.54) is 18.7 Å². The molecule has 5 nitrogen and oxygen atoms in total. The maximum absolute atomic E-state index is 11.6. The Balaban J connectivity index is 2.50. The summed E-state index contributed by atoms with van der Waals surface area (Å²) in [5.41, 5.74) is 0. The van der Waals surface area contributed by atoms with Gasteiger partial charge in [0.15, 0.2) is 6.04 Å². The van der Waals surface area contributed by atoms with E-state index in [0.717, 1.165) is 18.6 Å². The van der Waals surface area contributed by atoms with E-state index in [-0.39, 0.29) is 11.2 Å². The molecule has 0 aromatic carbocycles. The van der Waals surface area contributed by atoms with Crippen LogP contribution in [0.25, 0.3) is 0 Å². The van der Waals surface area contributed by atoms with Crippen LogP contribution in [0.3, 0.4) is 0 Å². The van der Waals surface area contributed by atoms with Gasteiger partial charge in [-0.25, -0.2) is 4.79 Å². The standard InChI is InChI=1S/C9H15NO4S/c1-5(11)7(9(13)14)10-8(12)6-3-2-4-15-6/h5-7,11H,2-4H2,1H3,(H,10,12)(H,13,14)/t5-,6?,7+/m1/s1. The highest BCUT2D eigenvalue weighted by atomic mass is 32.2. The summed E-state index contributed by atoms with van der Waals surface area (Å²) < 4.78 is 0. The van der Waals surface area contributed by atoms with Crippen molar-refractivity contribution in [2.24, 2.45) is 0 Å². The van der Waals surface area contributed by atoms with Crippen molar-refractivity contribution in [1.29, 1.82) is 0 Å². The number of aliphatic hydroxyl groups is 1. The quantitative estimate of drug-likeness (QED) is 0.627. The number of aliphatic carboxylic acids is 1. The molecule has 0 aromatic rings. The SMILES string of the molecule is C[C@@H](O)[C@H](NC(=O)C1CCCS1)C(=O)O. The number of rotatable bonds is 4. The number of aliphatic hydroxyl groups excluding tert-OH is 1. The van der Waals surface area contributed by atoms with Crippen molar-refractivity contribution in [3.63, 3.8) is 0 Å². The van der Waals surface area contributed by atoms with E-state index in [2.05, 4.69) is 5.32 Å². The molecular weight excluding hydrogens is 218 g/mol. The van der Waals surface area contributed by atoms with Crippen LogP contribution >= 0.6 is 11.8 Å². The second kappa shape index (κ2) is 5.37. The molecule has 1 aliphatic rings. The number of thioether (sulfide) groups is 1. The van der Waals surface area contributed by atoms with Crippen LogP contribution in [0.4, 0.5) is 0 Å². The monoisotopic (exact) mass is 233 g/mol. The summed E-state index contributed by atoms with van der Waals surface area (Å²) in [5, 5.41) is 20.1. The molecule has 3 N–H and O–H groups in total. The van der Waals surface area contributed by atoms with Crippen LogP contribution < -0.4 is 5.32 Å². The average Bonchev–Trinajstić information content (AvgIpc) is 2.65. The number of carboxylic acids is 1. The Morgan fingerprint density at radius 3 is 2.60 bits per heavy atom. The largest absolute Gasteiger partial charge is 0.480 e. The van der Waals surface area contributed by atoms with Crippen molar-refractivity contribution in [1.82, 2.24) is 5.32 Å². The second-order valence-electron chi connectivity index (χ2n) is 3.57. The number of nitrogens with one attached hydrogen (secondary N) is 1. The first-order valence-electron chi connectivity index (χ1n) is 4.85. The van der Waals surface area contributed by atoms with Gasteiger partial charge in [-0.3, -0.25) is 4.79 Å². The van der Waals surface area contributed by atoms with Gasteiger partial charge < -0.3 is 15.5 Å². The van der Waals surface area contributed by atoms with Crippen LogP contribution in [0.2, 0.25) is 0 Å². The van der Waals surface area contributed by atoms with Gasteiger partial charge in [-0.15, -0.1) is 11.8 Å². The minimum atomic E-state index is -1.21. The van der Waals surface area contributed by atoms with E-state index in [1.54, 1.807) is 0 Å². The summed E-state index contributed by atoms with van der Waals surface area (Å²) in [6.07, 6.45) is 0.676. The van der Waals surface area contributed by atoms with Gasteiger partial charge in [0, 0.05) is 0 Å². The molecule has 15 heavy (non-hydrogen) atoms. The number of hydrogen-bond donors (Lipinski definition) is 3. The Hall–Kier alpha value is -0.750. The Kier molecular flexibility index (Phi) is 4.41. The third-order valence-electron chi connectivity index (χ3n) is 2.27. The maximum atomic E-state index is 11.6. The Bertz CT molecular complexity index is 250. The first-order valence-corrected chi connectivity index (χ1v) is 5.90. The fourth-order valence-corrected chi connectivity index (χ4v) is 2.59. The third kappa shape index (κ3) is 3.39.